The number of benzene rings is 1. The fraction of sp³-hybridized carbons (Fsp3) is 0.375. The molecule has 5 nitrogen and oxygen atoms in total. The van der Waals surface area contributed by atoms with Gasteiger partial charge in [0.05, 0.1) is 6.20 Å². The summed E-state index contributed by atoms with van der Waals surface area (Å²) in [6, 6.07) is 8.51. The molecule has 1 aliphatic heterocycles. The summed E-state index contributed by atoms with van der Waals surface area (Å²) in [5, 5.41) is 15.8. The van der Waals surface area contributed by atoms with Gasteiger partial charge in [-0.3, -0.25) is 5.10 Å². The molecule has 5 heteroatoms. The molecule has 2 heterocycles. The molecule has 1 saturated heterocycles. The molecule has 2 aromatic rings. The highest BCUT2D eigenvalue weighted by molar-refractivity contribution is 5.65. The molecule has 3 rings (SSSR count). The largest absolute Gasteiger partial charge is 0.465 e. The van der Waals surface area contributed by atoms with E-state index in [2.05, 4.69) is 34.5 Å². The maximum atomic E-state index is 10.9. The molecule has 1 aromatic carbocycles. The first kappa shape index (κ1) is 13.7. The highest BCUT2D eigenvalue weighted by Crippen LogP contribution is 2.24. The van der Waals surface area contributed by atoms with Gasteiger partial charge >= 0.3 is 6.09 Å². The van der Waals surface area contributed by atoms with Crippen molar-refractivity contribution in [2.75, 3.05) is 13.1 Å². The number of piperidine rings is 1. The van der Waals surface area contributed by atoms with E-state index >= 15 is 0 Å². The SMILES string of the molecule is O=C(O)N1CCC(Cc2cccc(-c3cn[nH]c3)c2)CC1. The lowest BCUT2D eigenvalue weighted by atomic mass is 9.89. The Bertz CT molecular complexity index is 602. The minimum Gasteiger partial charge on any atom is -0.465 e. The topological polar surface area (TPSA) is 69.2 Å². The van der Waals surface area contributed by atoms with Gasteiger partial charge in [0.2, 0.25) is 0 Å². The molecular weight excluding hydrogens is 266 g/mol. The fourth-order valence-corrected chi connectivity index (χ4v) is 2.95. The van der Waals surface area contributed by atoms with E-state index in [1.54, 1.807) is 0 Å². The molecule has 0 bridgehead atoms. The first-order valence-electron chi connectivity index (χ1n) is 7.28. The van der Waals surface area contributed by atoms with Crippen LogP contribution in [0, 0.1) is 5.92 Å². The van der Waals surface area contributed by atoms with E-state index in [-0.39, 0.29) is 0 Å². The number of rotatable bonds is 3. The van der Waals surface area contributed by atoms with Crippen molar-refractivity contribution in [2.45, 2.75) is 19.3 Å². The first-order chi connectivity index (χ1) is 10.2. The number of carbonyl (C=O) groups is 1. The molecular formula is C16H19N3O2. The van der Waals surface area contributed by atoms with E-state index in [9.17, 15) is 4.79 Å². The zero-order chi connectivity index (χ0) is 14.7. The second-order valence-corrected chi connectivity index (χ2v) is 5.60. The van der Waals surface area contributed by atoms with Crippen LogP contribution in [0.5, 0.6) is 0 Å². The van der Waals surface area contributed by atoms with Crippen molar-refractivity contribution < 1.29 is 9.90 Å². The molecule has 1 aromatic heterocycles. The van der Waals surface area contributed by atoms with Crippen LogP contribution in [0.4, 0.5) is 4.79 Å². The zero-order valence-electron chi connectivity index (χ0n) is 11.8. The van der Waals surface area contributed by atoms with E-state index < -0.39 is 6.09 Å². The summed E-state index contributed by atoms with van der Waals surface area (Å²) < 4.78 is 0. The average Bonchev–Trinajstić information content (AvgIpc) is 3.02. The van der Waals surface area contributed by atoms with E-state index in [4.69, 9.17) is 5.11 Å². The highest BCUT2D eigenvalue weighted by atomic mass is 16.4. The van der Waals surface area contributed by atoms with Gasteiger partial charge in [-0.15, -0.1) is 0 Å². The second kappa shape index (κ2) is 5.99. The van der Waals surface area contributed by atoms with Gasteiger partial charge in [-0.1, -0.05) is 24.3 Å². The molecule has 110 valence electrons. The monoisotopic (exact) mass is 285 g/mol. The smallest absolute Gasteiger partial charge is 0.407 e. The van der Waals surface area contributed by atoms with Gasteiger partial charge in [-0.2, -0.15) is 5.10 Å². The Balaban J connectivity index is 1.64. The normalized spacial score (nSPS) is 16.1. The van der Waals surface area contributed by atoms with Gasteiger partial charge in [0.25, 0.3) is 0 Å². The van der Waals surface area contributed by atoms with E-state index in [0.29, 0.717) is 19.0 Å². The number of nitrogens with zero attached hydrogens (tertiary/aromatic N) is 2. The third-order valence-electron chi connectivity index (χ3n) is 4.17. The predicted octanol–water partition coefficient (Wildman–Crippen LogP) is 3.01. The van der Waals surface area contributed by atoms with Crippen molar-refractivity contribution in [3.63, 3.8) is 0 Å². The van der Waals surface area contributed by atoms with Gasteiger partial charge in [0.1, 0.15) is 0 Å². The number of aromatic nitrogens is 2. The van der Waals surface area contributed by atoms with E-state index in [1.165, 1.54) is 16.0 Å². The van der Waals surface area contributed by atoms with Crippen molar-refractivity contribution in [2.24, 2.45) is 5.92 Å². The summed E-state index contributed by atoms with van der Waals surface area (Å²) in [6.07, 6.45) is 5.83. The molecule has 2 N–H and O–H groups in total. The summed E-state index contributed by atoms with van der Waals surface area (Å²) >= 11 is 0. The van der Waals surface area contributed by atoms with Gasteiger partial charge in [-0.25, -0.2) is 4.79 Å². The molecule has 0 unspecified atom stereocenters. The Morgan fingerprint density at radius 2 is 2.14 bits per heavy atom. The molecule has 0 atom stereocenters. The summed E-state index contributed by atoms with van der Waals surface area (Å²) in [4.78, 5) is 12.4. The number of nitrogens with one attached hydrogen (secondary N) is 1. The molecule has 21 heavy (non-hydrogen) atoms. The summed E-state index contributed by atoms with van der Waals surface area (Å²) in [5.41, 5.74) is 3.57. The maximum Gasteiger partial charge on any atom is 0.407 e. The Hall–Kier alpha value is -2.30. The first-order valence-corrected chi connectivity index (χ1v) is 7.28. The van der Waals surface area contributed by atoms with Crippen molar-refractivity contribution in [3.8, 4) is 11.1 Å². The van der Waals surface area contributed by atoms with Crippen LogP contribution >= 0.6 is 0 Å². The standard InChI is InChI=1S/C16H19N3O2/c20-16(21)19-6-4-12(5-7-19)8-13-2-1-3-14(9-13)15-10-17-18-11-15/h1-3,9-12H,4-8H2,(H,17,18)(H,20,21). The maximum absolute atomic E-state index is 10.9. The minimum absolute atomic E-state index is 0.570. The Kier molecular flexibility index (Phi) is 3.90. The van der Waals surface area contributed by atoms with Crippen LogP contribution in [-0.2, 0) is 6.42 Å². The van der Waals surface area contributed by atoms with E-state index in [1.807, 2.05) is 12.4 Å². The third-order valence-corrected chi connectivity index (χ3v) is 4.17. The van der Waals surface area contributed by atoms with Crippen LogP contribution in [0.3, 0.4) is 0 Å². The van der Waals surface area contributed by atoms with Crippen LogP contribution in [0.25, 0.3) is 11.1 Å². The van der Waals surface area contributed by atoms with Gasteiger partial charge in [0, 0.05) is 24.8 Å². The highest BCUT2D eigenvalue weighted by Gasteiger charge is 2.22. The zero-order valence-corrected chi connectivity index (χ0v) is 11.8. The number of H-pyrrole nitrogens is 1. The molecule has 1 amide bonds. The molecule has 1 fully saturated rings. The second-order valence-electron chi connectivity index (χ2n) is 5.60. The summed E-state index contributed by atoms with van der Waals surface area (Å²) in [7, 11) is 0. The van der Waals surface area contributed by atoms with Crippen LogP contribution < -0.4 is 0 Å². The lowest BCUT2D eigenvalue weighted by Crippen LogP contribution is -2.37. The fourth-order valence-electron chi connectivity index (χ4n) is 2.95. The number of aromatic amines is 1. The number of carboxylic acid groups (broad SMARTS) is 1. The molecule has 0 spiro atoms. The van der Waals surface area contributed by atoms with Crippen molar-refractivity contribution in [3.05, 3.63) is 42.2 Å². The van der Waals surface area contributed by atoms with Gasteiger partial charge in [0.15, 0.2) is 0 Å². The minimum atomic E-state index is -0.796. The van der Waals surface area contributed by atoms with Gasteiger partial charge in [-0.05, 0) is 36.3 Å². The number of hydrogen-bond donors (Lipinski definition) is 2. The van der Waals surface area contributed by atoms with Crippen molar-refractivity contribution >= 4 is 6.09 Å². The molecule has 1 aliphatic rings. The van der Waals surface area contributed by atoms with Crippen molar-refractivity contribution in [1.82, 2.24) is 15.1 Å². The molecule has 0 saturated carbocycles. The third kappa shape index (κ3) is 3.24. The molecule has 0 radical (unpaired) electrons. The van der Waals surface area contributed by atoms with Crippen LogP contribution in [-0.4, -0.2) is 39.4 Å². The average molecular weight is 285 g/mol. The van der Waals surface area contributed by atoms with Gasteiger partial charge < -0.3 is 10.0 Å². The number of amides is 1. The predicted molar refractivity (Wildman–Crippen MR) is 80.0 cm³/mol. The lowest BCUT2D eigenvalue weighted by Gasteiger charge is -2.30. The summed E-state index contributed by atoms with van der Waals surface area (Å²) in [6.45, 7) is 1.31. The van der Waals surface area contributed by atoms with Crippen LogP contribution in [0.15, 0.2) is 36.7 Å². The molecule has 0 aliphatic carbocycles. The quantitative estimate of drug-likeness (QED) is 0.910. The number of hydrogen-bond acceptors (Lipinski definition) is 2. The Morgan fingerprint density at radius 1 is 1.33 bits per heavy atom. The van der Waals surface area contributed by atoms with Crippen molar-refractivity contribution in [1.29, 1.82) is 0 Å². The lowest BCUT2D eigenvalue weighted by molar-refractivity contribution is 0.124. The Labute approximate surface area is 123 Å². The van der Waals surface area contributed by atoms with Crippen LogP contribution in [0.2, 0.25) is 0 Å². The van der Waals surface area contributed by atoms with E-state index in [0.717, 1.165) is 24.8 Å². The number of likely N-dealkylation sites (tertiary alicyclic amines) is 1. The van der Waals surface area contributed by atoms with Crippen LogP contribution in [0.1, 0.15) is 18.4 Å². The summed E-state index contributed by atoms with van der Waals surface area (Å²) in [5.74, 6) is 0.570. The Morgan fingerprint density at radius 3 is 2.81 bits per heavy atom.